The summed E-state index contributed by atoms with van der Waals surface area (Å²) in [6, 6.07) is 0. The molecule has 1 rings (SSSR count). The third-order valence-electron chi connectivity index (χ3n) is 2.10. The molecule has 5 N–H and O–H groups in total. The molecule has 4 nitrogen and oxygen atoms in total. The third kappa shape index (κ3) is 0.998. The first-order valence-electron chi connectivity index (χ1n) is 3.32. The van der Waals surface area contributed by atoms with Crippen LogP contribution in [0.1, 0.15) is 19.3 Å². The highest BCUT2D eigenvalue weighted by Crippen LogP contribution is 2.31. The first kappa shape index (κ1) is 7.50. The maximum atomic E-state index is 10.4. The van der Waals surface area contributed by atoms with Gasteiger partial charge in [0.2, 0.25) is 5.91 Å². The van der Waals surface area contributed by atoms with Crippen LogP contribution in [0.3, 0.4) is 0 Å². The highest BCUT2D eigenvalue weighted by atomic mass is 16.3. The van der Waals surface area contributed by atoms with Gasteiger partial charge in [0.1, 0.15) is 6.10 Å². The summed E-state index contributed by atoms with van der Waals surface area (Å²) in [4.78, 5) is 10.4. The molecule has 0 saturated heterocycles. The molecule has 1 atom stereocenters. The lowest BCUT2D eigenvalue weighted by atomic mass is 9.73. The Morgan fingerprint density at radius 1 is 1.60 bits per heavy atom. The Balaban J connectivity index is 2.54. The Labute approximate surface area is 59.2 Å². The molecule has 1 aliphatic carbocycles. The summed E-state index contributed by atoms with van der Waals surface area (Å²) in [7, 11) is 0. The number of nitrogens with two attached hydrogens (primary N) is 2. The van der Waals surface area contributed by atoms with Crippen molar-refractivity contribution < 1.29 is 9.90 Å². The van der Waals surface area contributed by atoms with Gasteiger partial charge in [-0.1, -0.05) is 0 Å². The molecule has 1 fully saturated rings. The van der Waals surface area contributed by atoms with E-state index in [-0.39, 0.29) is 0 Å². The van der Waals surface area contributed by atoms with Gasteiger partial charge in [0.25, 0.3) is 0 Å². The molecule has 58 valence electrons. The second-order valence-corrected chi connectivity index (χ2v) is 2.89. The summed E-state index contributed by atoms with van der Waals surface area (Å²) in [6.45, 7) is 0. The predicted molar refractivity (Wildman–Crippen MR) is 36.0 cm³/mol. The number of primary amides is 1. The van der Waals surface area contributed by atoms with Crippen molar-refractivity contribution >= 4 is 5.91 Å². The summed E-state index contributed by atoms with van der Waals surface area (Å²) in [5.74, 6) is -0.720. The van der Waals surface area contributed by atoms with Gasteiger partial charge in [-0.15, -0.1) is 0 Å². The fraction of sp³-hybridized carbons (Fsp3) is 0.833. The van der Waals surface area contributed by atoms with Crippen molar-refractivity contribution in [2.45, 2.75) is 30.9 Å². The van der Waals surface area contributed by atoms with Crippen LogP contribution in [0, 0.1) is 0 Å². The van der Waals surface area contributed by atoms with Crippen LogP contribution in [-0.2, 0) is 4.79 Å². The molecule has 0 radical (unpaired) electrons. The van der Waals surface area contributed by atoms with E-state index < -0.39 is 17.6 Å². The molecular weight excluding hydrogens is 132 g/mol. The SMILES string of the molecule is NC(=O)C(O)C1(N)CCC1. The Morgan fingerprint density at radius 2 is 2.10 bits per heavy atom. The van der Waals surface area contributed by atoms with Crippen molar-refractivity contribution in [1.82, 2.24) is 0 Å². The highest BCUT2D eigenvalue weighted by molar-refractivity contribution is 5.80. The fourth-order valence-electron chi connectivity index (χ4n) is 1.14. The zero-order chi connectivity index (χ0) is 7.78. The standard InChI is InChI=1S/C6H12N2O2/c7-5(10)4(9)6(8)2-1-3-6/h4,9H,1-3,8H2,(H2,7,10). The zero-order valence-corrected chi connectivity index (χ0v) is 5.71. The van der Waals surface area contributed by atoms with Crippen LogP contribution in [0.25, 0.3) is 0 Å². The van der Waals surface area contributed by atoms with E-state index in [0.717, 1.165) is 6.42 Å². The Bertz CT molecular complexity index is 154. The predicted octanol–water partition coefficient (Wildman–Crippen LogP) is -1.29. The molecule has 0 aliphatic heterocycles. The van der Waals surface area contributed by atoms with Crippen LogP contribution in [-0.4, -0.2) is 22.7 Å². The van der Waals surface area contributed by atoms with E-state index in [1.165, 1.54) is 0 Å². The van der Waals surface area contributed by atoms with Gasteiger partial charge in [0.05, 0.1) is 5.54 Å². The van der Waals surface area contributed by atoms with Crippen molar-refractivity contribution in [3.05, 3.63) is 0 Å². The summed E-state index contributed by atoms with van der Waals surface area (Å²) in [5.41, 5.74) is 9.74. The van der Waals surface area contributed by atoms with E-state index in [0.29, 0.717) is 12.8 Å². The van der Waals surface area contributed by atoms with E-state index in [1.807, 2.05) is 0 Å². The molecular formula is C6H12N2O2. The van der Waals surface area contributed by atoms with Gasteiger partial charge in [-0.05, 0) is 19.3 Å². The normalized spacial score (nSPS) is 25.0. The number of hydrogen-bond acceptors (Lipinski definition) is 3. The maximum absolute atomic E-state index is 10.4. The minimum absolute atomic E-state index is 0.692. The Kier molecular flexibility index (Phi) is 1.66. The largest absolute Gasteiger partial charge is 0.381 e. The monoisotopic (exact) mass is 144 g/mol. The molecule has 0 aromatic carbocycles. The van der Waals surface area contributed by atoms with Crippen molar-refractivity contribution in [2.24, 2.45) is 11.5 Å². The van der Waals surface area contributed by atoms with Gasteiger partial charge < -0.3 is 16.6 Å². The molecule has 0 heterocycles. The summed E-state index contributed by atoms with van der Waals surface area (Å²) in [6.07, 6.45) is 1.19. The minimum atomic E-state index is -1.17. The van der Waals surface area contributed by atoms with Gasteiger partial charge >= 0.3 is 0 Å². The molecule has 10 heavy (non-hydrogen) atoms. The van der Waals surface area contributed by atoms with Gasteiger partial charge in [0.15, 0.2) is 0 Å². The Hall–Kier alpha value is -0.610. The van der Waals surface area contributed by atoms with Crippen molar-refractivity contribution in [3.8, 4) is 0 Å². The Morgan fingerprint density at radius 3 is 2.20 bits per heavy atom. The second-order valence-electron chi connectivity index (χ2n) is 2.89. The number of aliphatic hydroxyl groups excluding tert-OH is 1. The van der Waals surface area contributed by atoms with Crippen LogP contribution in [0.4, 0.5) is 0 Å². The molecule has 1 unspecified atom stereocenters. The zero-order valence-electron chi connectivity index (χ0n) is 5.71. The van der Waals surface area contributed by atoms with Crippen LogP contribution >= 0.6 is 0 Å². The number of rotatable bonds is 2. The highest BCUT2D eigenvalue weighted by Gasteiger charge is 2.42. The molecule has 0 spiro atoms. The van der Waals surface area contributed by atoms with E-state index in [9.17, 15) is 4.79 Å². The average molecular weight is 144 g/mol. The summed E-state index contributed by atoms with van der Waals surface area (Å²) < 4.78 is 0. The van der Waals surface area contributed by atoms with E-state index >= 15 is 0 Å². The topological polar surface area (TPSA) is 89.3 Å². The smallest absolute Gasteiger partial charge is 0.248 e. The summed E-state index contributed by atoms with van der Waals surface area (Å²) >= 11 is 0. The number of aliphatic hydroxyl groups is 1. The maximum Gasteiger partial charge on any atom is 0.248 e. The van der Waals surface area contributed by atoms with E-state index in [4.69, 9.17) is 16.6 Å². The molecule has 0 bridgehead atoms. The van der Waals surface area contributed by atoms with Gasteiger partial charge in [-0.2, -0.15) is 0 Å². The number of carbonyl (C=O) groups is 1. The van der Waals surface area contributed by atoms with Crippen LogP contribution < -0.4 is 11.5 Å². The molecule has 0 aromatic heterocycles. The van der Waals surface area contributed by atoms with Gasteiger partial charge in [-0.25, -0.2) is 0 Å². The van der Waals surface area contributed by atoms with Crippen molar-refractivity contribution in [1.29, 1.82) is 0 Å². The first-order chi connectivity index (χ1) is 4.56. The van der Waals surface area contributed by atoms with Crippen LogP contribution in [0.2, 0.25) is 0 Å². The molecule has 1 amide bonds. The molecule has 4 heteroatoms. The fourth-order valence-corrected chi connectivity index (χ4v) is 1.14. The lowest BCUT2D eigenvalue weighted by molar-refractivity contribution is -0.131. The lowest BCUT2D eigenvalue weighted by Crippen LogP contribution is -2.60. The number of hydrogen-bond donors (Lipinski definition) is 3. The quantitative estimate of drug-likeness (QED) is 0.450. The van der Waals surface area contributed by atoms with Gasteiger partial charge in [-0.3, -0.25) is 4.79 Å². The molecule has 0 aromatic rings. The number of amides is 1. The summed E-state index contributed by atoms with van der Waals surface area (Å²) in [5, 5.41) is 9.11. The average Bonchev–Trinajstić information content (AvgIpc) is 1.81. The number of carbonyl (C=O) groups excluding carboxylic acids is 1. The third-order valence-corrected chi connectivity index (χ3v) is 2.10. The van der Waals surface area contributed by atoms with E-state index in [2.05, 4.69) is 0 Å². The first-order valence-corrected chi connectivity index (χ1v) is 3.32. The van der Waals surface area contributed by atoms with E-state index in [1.54, 1.807) is 0 Å². The molecule has 1 aliphatic rings. The van der Waals surface area contributed by atoms with Crippen LogP contribution in [0.5, 0.6) is 0 Å². The second kappa shape index (κ2) is 2.21. The molecule has 1 saturated carbocycles. The van der Waals surface area contributed by atoms with Crippen LogP contribution in [0.15, 0.2) is 0 Å². The lowest BCUT2D eigenvalue weighted by Gasteiger charge is -2.40. The van der Waals surface area contributed by atoms with Crippen molar-refractivity contribution in [2.75, 3.05) is 0 Å². The van der Waals surface area contributed by atoms with Gasteiger partial charge in [0, 0.05) is 0 Å². The minimum Gasteiger partial charge on any atom is -0.381 e. The van der Waals surface area contributed by atoms with Crippen molar-refractivity contribution in [3.63, 3.8) is 0 Å².